The van der Waals surface area contributed by atoms with Crippen molar-refractivity contribution < 1.29 is 4.74 Å². The molecule has 1 aliphatic rings. The van der Waals surface area contributed by atoms with E-state index in [0.717, 1.165) is 19.6 Å². The fraction of sp³-hybridized carbons (Fsp3) is 1.00. The quantitative estimate of drug-likeness (QED) is 0.770. The molecule has 1 rings (SSSR count). The van der Waals surface area contributed by atoms with Crippen LogP contribution in [-0.2, 0) is 4.74 Å². The predicted molar refractivity (Wildman–Crippen MR) is 82.6 cm³/mol. The van der Waals surface area contributed by atoms with Crippen LogP contribution in [0.4, 0.5) is 0 Å². The second-order valence-electron chi connectivity index (χ2n) is 7.16. The number of nitrogens with one attached hydrogen (secondary N) is 1. The molecule has 0 aromatic rings. The van der Waals surface area contributed by atoms with Crippen molar-refractivity contribution in [3.63, 3.8) is 0 Å². The standard InChI is InChI=1S/C16H34N2O/c1-7-14-10-17-15(13(2)3)11-18(14)12-16(4,5)8-9-19-6/h13-15,17H,7-12H2,1-6H3. The summed E-state index contributed by atoms with van der Waals surface area (Å²) in [5, 5.41) is 3.71. The summed E-state index contributed by atoms with van der Waals surface area (Å²) in [7, 11) is 1.80. The molecule has 1 fully saturated rings. The molecule has 0 amide bonds. The van der Waals surface area contributed by atoms with Crippen LogP contribution in [0.25, 0.3) is 0 Å². The van der Waals surface area contributed by atoms with Crippen molar-refractivity contribution in [1.82, 2.24) is 10.2 Å². The molecule has 2 unspecified atom stereocenters. The summed E-state index contributed by atoms with van der Waals surface area (Å²) >= 11 is 0. The minimum atomic E-state index is 0.336. The summed E-state index contributed by atoms with van der Waals surface area (Å²) in [6.45, 7) is 16.0. The maximum Gasteiger partial charge on any atom is 0.0467 e. The zero-order chi connectivity index (χ0) is 14.5. The molecule has 1 heterocycles. The van der Waals surface area contributed by atoms with E-state index in [2.05, 4.69) is 44.8 Å². The zero-order valence-corrected chi connectivity index (χ0v) is 13.8. The van der Waals surface area contributed by atoms with E-state index in [1.54, 1.807) is 7.11 Å². The number of ether oxygens (including phenoxy) is 1. The molecule has 0 saturated carbocycles. The first-order valence-corrected chi connectivity index (χ1v) is 7.86. The lowest BCUT2D eigenvalue weighted by atomic mass is 9.87. The van der Waals surface area contributed by atoms with Gasteiger partial charge >= 0.3 is 0 Å². The molecule has 1 aliphatic heterocycles. The van der Waals surface area contributed by atoms with E-state index in [4.69, 9.17) is 4.74 Å². The van der Waals surface area contributed by atoms with Gasteiger partial charge in [-0.1, -0.05) is 34.6 Å². The normalized spacial score (nSPS) is 26.1. The van der Waals surface area contributed by atoms with E-state index >= 15 is 0 Å². The Hall–Kier alpha value is -0.120. The molecule has 0 spiro atoms. The van der Waals surface area contributed by atoms with Crippen molar-refractivity contribution in [3.05, 3.63) is 0 Å². The molecule has 0 bridgehead atoms. The van der Waals surface area contributed by atoms with Crippen LogP contribution in [0.15, 0.2) is 0 Å². The van der Waals surface area contributed by atoms with Crippen LogP contribution < -0.4 is 5.32 Å². The second-order valence-corrected chi connectivity index (χ2v) is 7.16. The first-order valence-electron chi connectivity index (χ1n) is 7.86. The van der Waals surface area contributed by atoms with Gasteiger partial charge in [-0.05, 0) is 24.2 Å². The number of methoxy groups -OCH3 is 1. The third-order valence-electron chi connectivity index (χ3n) is 4.45. The van der Waals surface area contributed by atoms with Crippen LogP contribution in [0.2, 0.25) is 0 Å². The summed E-state index contributed by atoms with van der Waals surface area (Å²) < 4.78 is 5.25. The van der Waals surface area contributed by atoms with Gasteiger partial charge in [-0.2, -0.15) is 0 Å². The summed E-state index contributed by atoms with van der Waals surface area (Å²) in [6, 6.07) is 1.33. The molecular formula is C16H34N2O. The van der Waals surface area contributed by atoms with E-state index in [9.17, 15) is 0 Å². The van der Waals surface area contributed by atoms with Crippen molar-refractivity contribution >= 4 is 0 Å². The fourth-order valence-corrected chi connectivity index (χ4v) is 2.93. The Morgan fingerprint density at radius 3 is 2.58 bits per heavy atom. The Kier molecular flexibility index (Phi) is 6.78. The van der Waals surface area contributed by atoms with Crippen molar-refractivity contribution in [2.24, 2.45) is 11.3 Å². The van der Waals surface area contributed by atoms with E-state index in [-0.39, 0.29) is 0 Å². The first kappa shape index (κ1) is 16.9. The molecule has 3 nitrogen and oxygen atoms in total. The van der Waals surface area contributed by atoms with Gasteiger partial charge in [-0.15, -0.1) is 0 Å². The smallest absolute Gasteiger partial charge is 0.0467 e. The van der Waals surface area contributed by atoms with E-state index in [0.29, 0.717) is 23.4 Å². The summed E-state index contributed by atoms with van der Waals surface area (Å²) in [4.78, 5) is 2.71. The maximum absolute atomic E-state index is 5.25. The average Bonchev–Trinajstić information content (AvgIpc) is 2.35. The average molecular weight is 270 g/mol. The highest BCUT2D eigenvalue weighted by molar-refractivity contribution is 4.89. The Bertz CT molecular complexity index is 253. The Morgan fingerprint density at radius 2 is 2.05 bits per heavy atom. The van der Waals surface area contributed by atoms with Gasteiger partial charge in [0.05, 0.1) is 0 Å². The van der Waals surface area contributed by atoms with E-state index < -0.39 is 0 Å². The Balaban J connectivity index is 2.59. The summed E-state index contributed by atoms with van der Waals surface area (Å²) in [6.07, 6.45) is 2.37. The largest absolute Gasteiger partial charge is 0.385 e. The van der Waals surface area contributed by atoms with Crippen molar-refractivity contribution in [2.45, 2.75) is 59.5 Å². The molecule has 0 aromatic heterocycles. The predicted octanol–water partition coefficient (Wildman–Crippen LogP) is 2.76. The topological polar surface area (TPSA) is 24.5 Å². The van der Waals surface area contributed by atoms with Crippen LogP contribution in [0.1, 0.15) is 47.5 Å². The lowest BCUT2D eigenvalue weighted by Crippen LogP contribution is -2.59. The minimum absolute atomic E-state index is 0.336. The van der Waals surface area contributed by atoms with Crippen molar-refractivity contribution in [3.8, 4) is 0 Å². The molecule has 0 radical (unpaired) electrons. The number of hydrogen-bond donors (Lipinski definition) is 1. The molecule has 19 heavy (non-hydrogen) atoms. The number of rotatable bonds is 7. The number of piperazine rings is 1. The first-order chi connectivity index (χ1) is 8.89. The molecule has 114 valence electrons. The molecule has 2 atom stereocenters. The van der Waals surface area contributed by atoms with E-state index in [1.807, 2.05) is 0 Å². The Labute approximate surface area is 120 Å². The van der Waals surface area contributed by atoms with Crippen LogP contribution >= 0.6 is 0 Å². The highest BCUT2D eigenvalue weighted by Crippen LogP contribution is 2.25. The van der Waals surface area contributed by atoms with Crippen molar-refractivity contribution in [2.75, 3.05) is 33.4 Å². The fourth-order valence-electron chi connectivity index (χ4n) is 2.93. The number of hydrogen-bond acceptors (Lipinski definition) is 3. The molecule has 0 aliphatic carbocycles. The second kappa shape index (κ2) is 7.61. The third kappa shape index (κ3) is 5.41. The van der Waals surface area contributed by atoms with Gasteiger partial charge in [0.25, 0.3) is 0 Å². The lowest BCUT2D eigenvalue weighted by Gasteiger charge is -2.45. The Morgan fingerprint density at radius 1 is 1.37 bits per heavy atom. The molecular weight excluding hydrogens is 236 g/mol. The van der Waals surface area contributed by atoms with Gasteiger partial charge in [0.1, 0.15) is 0 Å². The van der Waals surface area contributed by atoms with Crippen LogP contribution in [-0.4, -0.2) is 50.3 Å². The molecule has 1 N–H and O–H groups in total. The van der Waals surface area contributed by atoms with Gasteiger partial charge in [-0.3, -0.25) is 4.90 Å². The van der Waals surface area contributed by atoms with Crippen LogP contribution in [0, 0.1) is 11.3 Å². The van der Waals surface area contributed by atoms with Crippen LogP contribution in [0.3, 0.4) is 0 Å². The SMILES string of the molecule is CCC1CNC(C(C)C)CN1CC(C)(C)CCOC. The van der Waals surface area contributed by atoms with Crippen molar-refractivity contribution in [1.29, 1.82) is 0 Å². The molecule has 0 aromatic carbocycles. The zero-order valence-electron chi connectivity index (χ0n) is 13.8. The third-order valence-corrected chi connectivity index (χ3v) is 4.45. The van der Waals surface area contributed by atoms with Gasteiger partial charge in [0, 0.05) is 45.4 Å². The summed E-state index contributed by atoms with van der Waals surface area (Å²) in [5.74, 6) is 0.711. The lowest BCUT2D eigenvalue weighted by molar-refractivity contribution is 0.0554. The molecule has 1 saturated heterocycles. The van der Waals surface area contributed by atoms with Gasteiger partial charge in [0.2, 0.25) is 0 Å². The minimum Gasteiger partial charge on any atom is -0.385 e. The summed E-state index contributed by atoms with van der Waals surface area (Å²) in [5.41, 5.74) is 0.336. The van der Waals surface area contributed by atoms with Gasteiger partial charge in [-0.25, -0.2) is 0 Å². The van der Waals surface area contributed by atoms with Crippen LogP contribution in [0.5, 0.6) is 0 Å². The van der Waals surface area contributed by atoms with Gasteiger partial charge in [0.15, 0.2) is 0 Å². The van der Waals surface area contributed by atoms with Gasteiger partial charge < -0.3 is 10.1 Å². The molecule has 3 heteroatoms. The monoisotopic (exact) mass is 270 g/mol. The highest BCUT2D eigenvalue weighted by Gasteiger charge is 2.31. The van der Waals surface area contributed by atoms with E-state index in [1.165, 1.54) is 19.5 Å². The highest BCUT2D eigenvalue weighted by atomic mass is 16.5. The number of nitrogens with zero attached hydrogens (tertiary/aromatic N) is 1. The maximum atomic E-state index is 5.25.